The predicted octanol–water partition coefficient (Wildman–Crippen LogP) is 2.72. The van der Waals surface area contributed by atoms with Crippen LogP contribution < -0.4 is 10.6 Å². The molecule has 2 rings (SSSR count). The fraction of sp³-hybridized carbons (Fsp3) is 0.609. The lowest BCUT2D eigenvalue weighted by atomic mass is 9.86. The summed E-state index contributed by atoms with van der Waals surface area (Å²) < 4.78 is 0. The number of nitrogens with zero attached hydrogens (tertiary/aromatic N) is 1. The summed E-state index contributed by atoms with van der Waals surface area (Å²) in [4.78, 5) is 39.4. The lowest BCUT2D eigenvalue weighted by molar-refractivity contribution is -0.138. The number of carbonyl (C=O) groups is 3. The van der Waals surface area contributed by atoms with Crippen LogP contribution in [0.4, 0.5) is 0 Å². The van der Waals surface area contributed by atoms with Crippen molar-refractivity contribution in [1.29, 1.82) is 0 Å². The van der Waals surface area contributed by atoms with Crippen LogP contribution in [-0.2, 0) is 15.0 Å². The molecule has 1 aliphatic heterocycles. The summed E-state index contributed by atoms with van der Waals surface area (Å²) in [5.41, 5.74) is 1.73. The third-order valence-electron chi connectivity index (χ3n) is 5.66. The fourth-order valence-corrected chi connectivity index (χ4v) is 3.62. The first-order valence-corrected chi connectivity index (χ1v) is 10.5. The molecule has 29 heavy (non-hydrogen) atoms. The molecule has 1 saturated heterocycles. The van der Waals surface area contributed by atoms with Crippen LogP contribution in [-0.4, -0.2) is 48.8 Å². The van der Waals surface area contributed by atoms with Crippen molar-refractivity contribution in [3.63, 3.8) is 0 Å². The molecule has 0 aliphatic carbocycles. The molecule has 1 unspecified atom stereocenters. The number of rotatable bonds is 5. The van der Waals surface area contributed by atoms with Crippen molar-refractivity contribution < 1.29 is 14.4 Å². The van der Waals surface area contributed by atoms with Gasteiger partial charge in [0, 0.05) is 31.6 Å². The molecule has 1 aliphatic rings. The molecule has 0 aromatic heterocycles. The minimum absolute atomic E-state index is 0.0201. The maximum Gasteiger partial charge on any atom is 0.251 e. The second kappa shape index (κ2) is 9.42. The van der Waals surface area contributed by atoms with Gasteiger partial charge < -0.3 is 15.5 Å². The third kappa shape index (κ3) is 5.81. The van der Waals surface area contributed by atoms with Crippen molar-refractivity contribution in [2.45, 2.75) is 58.9 Å². The lowest BCUT2D eigenvalue weighted by Crippen LogP contribution is -2.53. The van der Waals surface area contributed by atoms with Gasteiger partial charge in [-0.15, -0.1) is 0 Å². The molecule has 1 fully saturated rings. The molecule has 0 bridgehead atoms. The molecule has 0 spiro atoms. The van der Waals surface area contributed by atoms with E-state index in [1.165, 1.54) is 0 Å². The molecule has 6 heteroatoms. The van der Waals surface area contributed by atoms with E-state index in [1.54, 1.807) is 11.9 Å². The second-order valence-corrected chi connectivity index (χ2v) is 9.24. The van der Waals surface area contributed by atoms with Crippen molar-refractivity contribution >= 4 is 17.7 Å². The van der Waals surface area contributed by atoms with Crippen molar-refractivity contribution in [2.24, 2.45) is 11.8 Å². The van der Waals surface area contributed by atoms with Crippen molar-refractivity contribution in [1.82, 2.24) is 15.5 Å². The third-order valence-corrected chi connectivity index (χ3v) is 5.66. The normalized spacial score (nSPS) is 16.4. The van der Waals surface area contributed by atoms with Gasteiger partial charge in [-0.1, -0.05) is 46.8 Å². The lowest BCUT2D eigenvalue weighted by Gasteiger charge is -2.34. The molecular weight excluding hydrogens is 366 g/mol. The van der Waals surface area contributed by atoms with Gasteiger partial charge in [-0.25, -0.2) is 0 Å². The first-order valence-electron chi connectivity index (χ1n) is 10.5. The SMILES string of the molecule is CNC(=O)C1CCN(C(=O)C(NC(=O)c2ccc(C(C)(C)C)cc2)C(C)C)CC1. The van der Waals surface area contributed by atoms with Crippen LogP contribution in [0.1, 0.15) is 63.4 Å². The van der Waals surface area contributed by atoms with Gasteiger partial charge in [-0.2, -0.15) is 0 Å². The summed E-state index contributed by atoms with van der Waals surface area (Å²) >= 11 is 0. The molecule has 0 radical (unpaired) electrons. The Morgan fingerprint density at radius 1 is 1.03 bits per heavy atom. The summed E-state index contributed by atoms with van der Waals surface area (Å²) in [6.07, 6.45) is 1.30. The van der Waals surface area contributed by atoms with Crippen LogP contribution in [0.15, 0.2) is 24.3 Å². The Kier molecular flexibility index (Phi) is 7.44. The topological polar surface area (TPSA) is 78.5 Å². The van der Waals surface area contributed by atoms with Gasteiger partial charge in [0.25, 0.3) is 5.91 Å². The van der Waals surface area contributed by atoms with Crippen LogP contribution in [0.3, 0.4) is 0 Å². The highest BCUT2D eigenvalue weighted by Gasteiger charge is 2.33. The van der Waals surface area contributed by atoms with E-state index < -0.39 is 6.04 Å². The monoisotopic (exact) mass is 401 g/mol. The number of hydrogen-bond donors (Lipinski definition) is 2. The highest BCUT2D eigenvalue weighted by Crippen LogP contribution is 2.23. The van der Waals surface area contributed by atoms with E-state index in [0.29, 0.717) is 31.5 Å². The molecule has 1 aromatic carbocycles. The first kappa shape index (κ1) is 22.9. The molecule has 0 saturated carbocycles. The molecule has 2 N–H and O–H groups in total. The van der Waals surface area contributed by atoms with Gasteiger partial charge in [0.05, 0.1) is 0 Å². The molecule has 1 atom stereocenters. The van der Waals surface area contributed by atoms with Crippen molar-refractivity contribution in [3.8, 4) is 0 Å². The Hall–Kier alpha value is -2.37. The highest BCUT2D eigenvalue weighted by atomic mass is 16.2. The number of nitrogens with one attached hydrogen (secondary N) is 2. The van der Waals surface area contributed by atoms with Crippen molar-refractivity contribution in [3.05, 3.63) is 35.4 Å². The Balaban J connectivity index is 2.03. The summed E-state index contributed by atoms with van der Waals surface area (Å²) in [5.74, 6) is -0.355. The number of hydrogen-bond acceptors (Lipinski definition) is 3. The zero-order valence-corrected chi connectivity index (χ0v) is 18.5. The van der Waals surface area contributed by atoms with Gasteiger partial charge >= 0.3 is 0 Å². The van der Waals surface area contributed by atoms with Crippen molar-refractivity contribution in [2.75, 3.05) is 20.1 Å². The molecule has 1 aromatic rings. The number of carbonyl (C=O) groups excluding carboxylic acids is 3. The molecule has 1 heterocycles. The summed E-state index contributed by atoms with van der Waals surface area (Å²) in [6.45, 7) is 11.3. The van der Waals surface area contributed by atoms with Gasteiger partial charge in [0.15, 0.2) is 0 Å². The predicted molar refractivity (Wildman–Crippen MR) is 115 cm³/mol. The van der Waals surface area contributed by atoms with Crippen LogP contribution in [0.25, 0.3) is 0 Å². The minimum atomic E-state index is -0.582. The maximum atomic E-state index is 13.0. The Bertz CT molecular complexity index is 727. The Labute approximate surface area is 174 Å². The van der Waals surface area contributed by atoms with Crippen LogP contribution in [0.5, 0.6) is 0 Å². The first-order chi connectivity index (χ1) is 13.5. The van der Waals surface area contributed by atoms with E-state index in [9.17, 15) is 14.4 Å². The van der Waals surface area contributed by atoms with Gasteiger partial charge in [0.2, 0.25) is 11.8 Å². The second-order valence-electron chi connectivity index (χ2n) is 9.24. The molecule has 3 amide bonds. The van der Waals surface area contributed by atoms with Crippen LogP contribution in [0.2, 0.25) is 0 Å². The number of benzene rings is 1. The molecule has 160 valence electrons. The largest absolute Gasteiger partial charge is 0.359 e. The van der Waals surface area contributed by atoms with E-state index >= 15 is 0 Å². The highest BCUT2D eigenvalue weighted by molar-refractivity contribution is 5.97. The van der Waals surface area contributed by atoms with E-state index in [1.807, 2.05) is 38.1 Å². The maximum absolute atomic E-state index is 13.0. The van der Waals surface area contributed by atoms with Gasteiger partial charge in [-0.05, 0) is 41.9 Å². The van der Waals surface area contributed by atoms with Crippen LogP contribution >= 0.6 is 0 Å². The standard InChI is InChI=1S/C23H35N3O3/c1-15(2)19(22(29)26-13-11-17(12-14-26)20(27)24-6)25-21(28)16-7-9-18(10-8-16)23(3,4)5/h7-10,15,17,19H,11-14H2,1-6H3,(H,24,27)(H,25,28). The van der Waals surface area contributed by atoms with Gasteiger partial charge in [0.1, 0.15) is 6.04 Å². The van der Waals surface area contributed by atoms with E-state index in [2.05, 4.69) is 31.4 Å². The van der Waals surface area contributed by atoms with E-state index in [4.69, 9.17) is 0 Å². The quantitative estimate of drug-likeness (QED) is 0.796. The molecule has 6 nitrogen and oxygen atoms in total. The minimum Gasteiger partial charge on any atom is -0.359 e. The number of amides is 3. The van der Waals surface area contributed by atoms with Crippen LogP contribution in [0, 0.1) is 11.8 Å². The zero-order valence-electron chi connectivity index (χ0n) is 18.5. The van der Waals surface area contributed by atoms with Gasteiger partial charge in [-0.3, -0.25) is 14.4 Å². The number of likely N-dealkylation sites (tertiary alicyclic amines) is 1. The van der Waals surface area contributed by atoms with E-state index in [-0.39, 0.29) is 35.0 Å². The van der Waals surface area contributed by atoms with E-state index in [0.717, 1.165) is 5.56 Å². The summed E-state index contributed by atoms with van der Waals surface area (Å²) in [5, 5.41) is 5.60. The smallest absolute Gasteiger partial charge is 0.251 e. The Morgan fingerprint density at radius 2 is 1.59 bits per heavy atom. The average Bonchev–Trinajstić information content (AvgIpc) is 2.70. The Morgan fingerprint density at radius 3 is 2.03 bits per heavy atom. The average molecular weight is 402 g/mol. The number of piperidine rings is 1. The zero-order chi connectivity index (χ0) is 21.8. The fourth-order valence-electron chi connectivity index (χ4n) is 3.62. The summed E-state index contributed by atoms with van der Waals surface area (Å²) in [6, 6.07) is 6.97. The summed E-state index contributed by atoms with van der Waals surface area (Å²) in [7, 11) is 1.64. The molecular formula is C23H35N3O3.